The number of carbonyl (C=O) groups is 4. The molecule has 3 N–H and O–H groups in total. The molecule has 13 nitrogen and oxygen atoms in total. The van der Waals surface area contributed by atoms with E-state index in [1.165, 1.54) is 7.11 Å². The number of amides is 3. The first kappa shape index (κ1) is 32.5. The fraction of sp³-hybridized carbons (Fsp3) is 0.371. The first-order chi connectivity index (χ1) is 22.6. The second-order valence-corrected chi connectivity index (χ2v) is 13.9. The summed E-state index contributed by atoms with van der Waals surface area (Å²) in [6, 6.07) is 12.5. The summed E-state index contributed by atoms with van der Waals surface area (Å²) in [6.07, 6.45) is 0.458. The number of esters is 1. The van der Waals surface area contributed by atoms with Crippen molar-refractivity contribution in [1.29, 1.82) is 0 Å². The van der Waals surface area contributed by atoms with E-state index in [1.807, 2.05) is 57.2 Å². The van der Waals surface area contributed by atoms with Gasteiger partial charge in [0.1, 0.15) is 23.9 Å². The lowest BCUT2D eigenvalue weighted by Gasteiger charge is -2.32. The van der Waals surface area contributed by atoms with Crippen LogP contribution in [-0.2, 0) is 30.9 Å². The number of nitrogens with zero attached hydrogens (tertiary/aromatic N) is 2. The van der Waals surface area contributed by atoms with Crippen molar-refractivity contribution in [2.75, 3.05) is 12.4 Å². The molecule has 4 heterocycles. The molecular weight excluding hydrogens is 618 g/mol. The number of benzene rings is 2. The van der Waals surface area contributed by atoms with Gasteiger partial charge in [0.25, 0.3) is 0 Å². The number of ether oxygens (including phenoxy) is 2. The van der Waals surface area contributed by atoms with Gasteiger partial charge in [0.05, 0.1) is 7.11 Å². The standard InChI is InChI=1S/C35H37N5O8/c1-33(2,3)25-29-39-24(28-36-23(17-46-28)30(42)45-7)26(47-29)35(19-11-9-8-10-12-19)20-15-18(13-14-21(20)37-31(35)43)16-22(27(41)40-25)38-32(44)48-34(4,5)6/h8-15,17,22,25H,16H2,1-7H3,(H,37,43)(H,38,44)(H,40,41)/t22-,25+,35-/m0/s1. The summed E-state index contributed by atoms with van der Waals surface area (Å²) in [5.74, 6) is -1.59. The molecule has 0 spiro atoms. The molecule has 6 rings (SSSR count). The van der Waals surface area contributed by atoms with Crippen LogP contribution in [0.2, 0.25) is 0 Å². The van der Waals surface area contributed by atoms with Crippen LogP contribution in [0.4, 0.5) is 10.5 Å². The summed E-state index contributed by atoms with van der Waals surface area (Å²) in [5.41, 5.74) is -0.873. The summed E-state index contributed by atoms with van der Waals surface area (Å²) < 4.78 is 22.7. The Balaban J connectivity index is 1.64. The van der Waals surface area contributed by atoms with Gasteiger partial charge in [-0.25, -0.2) is 19.6 Å². The largest absolute Gasteiger partial charge is 0.464 e. The zero-order valence-electron chi connectivity index (χ0n) is 27.7. The minimum Gasteiger partial charge on any atom is -0.464 e. The van der Waals surface area contributed by atoms with Gasteiger partial charge < -0.3 is 34.3 Å². The van der Waals surface area contributed by atoms with Gasteiger partial charge in [-0.05, 0) is 43.4 Å². The van der Waals surface area contributed by atoms with E-state index in [2.05, 4.69) is 20.9 Å². The number of methoxy groups -OCH3 is 1. The van der Waals surface area contributed by atoms with E-state index in [-0.39, 0.29) is 35.4 Å². The predicted octanol–water partition coefficient (Wildman–Crippen LogP) is 5.06. The number of rotatable bonds is 4. The number of aromatic nitrogens is 2. The van der Waals surface area contributed by atoms with E-state index in [0.717, 1.165) is 6.26 Å². The number of hydrogen-bond acceptors (Lipinski definition) is 10. The minimum absolute atomic E-state index is 0.0583. The molecule has 13 heteroatoms. The highest BCUT2D eigenvalue weighted by Crippen LogP contribution is 2.52. The molecule has 0 saturated heterocycles. The average Bonchev–Trinajstić information content (AvgIpc) is 3.73. The van der Waals surface area contributed by atoms with Crippen molar-refractivity contribution >= 4 is 29.6 Å². The maximum Gasteiger partial charge on any atom is 0.408 e. The third-order valence-corrected chi connectivity index (χ3v) is 8.22. The molecule has 4 aromatic rings. The van der Waals surface area contributed by atoms with Crippen LogP contribution < -0.4 is 16.0 Å². The zero-order valence-corrected chi connectivity index (χ0v) is 27.7. The number of alkyl carbamates (subject to hydrolysis) is 1. The molecule has 4 bridgehead atoms. The van der Waals surface area contributed by atoms with E-state index in [9.17, 15) is 19.2 Å². The number of fused-ring (bicyclic) bond motifs is 4. The summed E-state index contributed by atoms with van der Waals surface area (Å²) in [4.78, 5) is 63.0. The number of hydrogen-bond donors (Lipinski definition) is 3. The van der Waals surface area contributed by atoms with Gasteiger partial charge in [0.2, 0.25) is 23.6 Å². The van der Waals surface area contributed by atoms with E-state index >= 15 is 0 Å². The topological polar surface area (TPSA) is 175 Å². The van der Waals surface area contributed by atoms with E-state index in [0.29, 0.717) is 22.4 Å². The van der Waals surface area contributed by atoms with Gasteiger partial charge in [-0.15, -0.1) is 0 Å². The Bertz CT molecular complexity index is 1920. The normalized spacial score (nSPS) is 20.6. The molecule has 2 aliphatic rings. The van der Waals surface area contributed by atoms with Crippen molar-refractivity contribution < 1.29 is 37.5 Å². The highest BCUT2D eigenvalue weighted by atomic mass is 16.6. The second kappa shape index (κ2) is 11.7. The molecule has 250 valence electrons. The fourth-order valence-electron chi connectivity index (χ4n) is 6.03. The van der Waals surface area contributed by atoms with Crippen LogP contribution in [0.3, 0.4) is 0 Å². The Morgan fingerprint density at radius 3 is 2.42 bits per heavy atom. The Labute approximate surface area is 276 Å². The van der Waals surface area contributed by atoms with Crippen LogP contribution in [-0.4, -0.2) is 52.6 Å². The van der Waals surface area contributed by atoms with E-state index < -0.39 is 52.4 Å². The number of anilines is 1. The third-order valence-electron chi connectivity index (χ3n) is 8.22. The molecule has 0 unspecified atom stereocenters. The molecule has 0 aliphatic carbocycles. The Morgan fingerprint density at radius 2 is 1.75 bits per heavy atom. The first-order valence-electron chi connectivity index (χ1n) is 15.5. The van der Waals surface area contributed by atoms with Crippen molar-refractivity contribution in [1.82, 2.24) is 20.6 Å². The molecule has 48 heavy (non-hydrogen) atoms. The van der Waals surface area contributed by atoms with Gasteiger partial charge >= 0.3 is 12.1 Å². The molecule has 0 saturated carbocycles. The quantitative estimate of drug-likeness (QED) is 0.252. The molecular formula is C35H37N5O8. The highest BCUT2D eigenvalue weighted by Gasteiger charge is 2.55. The Morgan fingerprint density at radius 1 is 1.02 bits per heavy atom. The van der Waals surface area contributed by atoms with Gasteiger partial charge in [-0.2, -0.15) is 0 Å². The Kier molecular flexibility index (Phi) is 7.89. The lowest BCUT2D eigenvalue weighted by Crippen LogP contribution is -2.51. The van der Waals surface area contributed by atoms with Crippen LogP contribution in [0.25, 0.3) is 11.6 Å². The Hall–Kier alpha value is -5.46. The molecule has 3 amide bonds. The lowest BCUT2D eigenvalue weighted by atomic mass is 9.72. The van der Waals surface area contributed by atoms with Crippen LogP contribution in [0.15, 0.2) is 63.6 Å². The molecule has 3 atom stereocenters. The summed E-state index contributed by atoms with van der Waals surface area (Å²) in [6.45, 7) is 10.9. The zero-order chi connectivity index (χ0) is 34.6. The summed E-state index contributed by atoms with van der Waals surface area (Å²) in [5, 5.41) is 8.76. The van der Waals surface area contributed by atoms with Crippen LogP contribution in [0, 0.1) is 5.41 Å². The van der Waals surface area contributed by atoms with Crippen molar-refractivity contribution in [3.63, 3.8) is 0 Å². The van der Waals surface area contributed by atoms with Gasteiger partial charge in [-0.1, -0.05) is 63.2 Å². The number of carbonyl (C=O) groups excluding carboxylic acids is 4. The van der Waals surface area contributed by atoms with Crippen molar-refractivity contribution in [3.05, 3.63) is 88.8 Å². The van der Waals surface area contributed by atoms with Crippen molar-refractivity contribution in [2.24, 2.45) is 5.41 Å². The second-order valence-electron chi connectivity index (χ2n) is 13.9. The summed E-state index contributed by atoms with van der Waals surface area (Å²) in [7, 11) is 1.22. The first-order valence-corrected chi connectivity index (χ1v) is 15.5. The molecule has 2 aromatic carbocycles. The third kappa shape index (κ3) is 5.69. The lowest BCUT2D eigenvalue weighted by molar-refractivity contribution is -0.125. The molecule has 2 aliphatic heterocycles. The van der Waals surface area contributed by atoms with Crippen LogP contribution in [0.5, 0.6) is 0 Å². The van der Waals surface area contributed by atoms with Gasteiger partial charge in [0.15, 0.2) is 22.6 Å². The monoisotopic (exact) mass is 655 g/mol. The van der Waals surface area contributed by atoms with Crippen molar-refractivity contribution in [3.8, 4) is 11.6 Å². The maximum absolute atomic E-state index is 14.5. The molecule has 2 aromatic heterocycles. The van der Waals surface area contributed by atoms with Crippen molar-refractivity contribution in [2.45, 2.75) is 71.1 Å². The van der Waals surface area contributed by atoms with E-state index in [1.54, 1.807) is 32.9 Å². The van der Waals surface area contributed by atoms with E-state index in [4.69, 9.17) is 23.3 Å². The van der Waals surface area contributed by atoms with Crippen LogP contribution in [0.1, 0.15) is 86.4 Å². The van der Waals surface area contributed by atoms with Crippen LogP contribution >= 0.6 is 0 Å². The molecule has 0 radical (unpaired) electrons. The summed E-state index contributed by atoms with van der Waals surface area (Å²) >= 11 is 0. The smallest absolute Gasteiger partial charge is 0.408 e. The number of nitrogens with one attached hydrogen (secondary N) is 3. The highest BCUT2D eigenvalue weighted by molar-refractivity contribution is 6.11. The average molecular weight is 656 g/mol. The maximum atomic E-state index is 14.5. The minimum atomic E-state index is -1.60. The fourth-order valence-corrected chi connectivity index (χ4v) is 6.03. The number of oxazole rings is 2. The van der Waals surface area contributed by atoms with Gasteiger partial charge in [-0.3, -0.25) is 9.59 Å². The van der Waals surface area contributed by atoms with Gasteiger partial charge in [0, 0.05) is 17.7 Å². The SMILES string of the molecule is COC(=O)c1coc(-c2nc3oc2[C@@]2(c4ccccc4)C(=O)Nc4ccc(cc42)C[C@H](NC(=O)OC(C)(C)C)C(=O)N[C@H]3C(C)(C)C)n1. The molecule has 0 fully saturated rings. The predicted molar refractivity (Wildman–Crippen MR) is 172 cm³/mol.